The van der Waals surface area contributed by atoms with E-state index in [1.165, 1.54) is 0 Å². The van der Waals surface area contributed by atoms with Crippen LogP contribution in [0.25, 0.3) is 0 Å². The number of rotatable bonds is 4. The summed E-state index contributed by atoms with van der Waals surface area (Å²) >= 11 is 3.49. The molecule has 2 aromatic carbocycles. The van der Waals surface area contributed by atoms with Crippen LogP contribution >= 0.6 is 15.9 Å². The Hall–Kier alpha value is -1.72. The molecule has 5 heteroatoms. The van der Waals surface area contributed by atoms with Crippen LogP contribution < -0.4 is 14.8 Å². The minimum absolute atomic E-state index is 0.0129. The van der Waals surface area contributed by atoms with Crippen molar-refractivity contribution in [1.82, 2.24) is 0 Å². The molecule has 2 N–H and O–H groups in total. The van der Waals surface area contributed by atoms with E-state index < -0.39 is 0 Å². The van der Waals surface area contributed by atoms with E-state index in [1.807, 2.05) is 42.5 Å². The Bertz CT molecular complexity index is 618. The van der Waals surface area contributed by atoms with Gasteiger partial charge in [-0.25, -0.2) is 0 Å². The minimum atomic E-state index is -0.205. The van der Waals surface area contributed by atoms with Crippen LogP contribution in [0.2, 0.25) is 0 Å². The Morgan fingerprint density at radius 1 is 1.15 bits per heavy atom. The SMILES string of the molecule is OCC(Nc1ccccc1Br)c1ccc2c(c1)OCO2. The second-order valence-corrected chi connectivity index (χ2v) is 5.33. The summed E-state index contributed by atoms with van der Waals surface area (Å²) in [6, 6.07) is 13.3. The molecule has 2 aromatic rings. The third kappa shape index (κ3) is 2.59. The Kier molecular flexibility index (Phi) is 3.80. The van der Waals surface area contributed by atoms with Gasteiger partial charge in [0.05, 0.1) is 12.6 Å². The zero-order valence-electron chi connectivity index (χ0n) is 10.7. The van der Waals surface area contributed by atoms with Gasteiger partial charge in [-0.15, -0.1) is 0 Å². The minimum Gasteiger partial charge on any atom is -0.454 e. The normalized spacial score (nSPS) is 14.1. The number of anilines is 1. The molecule has 1 unspecified atom stereocenters. The van der Waals surface area contributed by atoms with Crippen LogP contribution in [-0.2, 0) is 0 Å². The molecule has 0 saturated heterocycles. The van der Waals surface area contributed by atoms with Crippen LogP contribution in [0.1, 0.15) is 11.6 Å². The van der Waals surface area contributed by atoms with Crippen LogP contribution in [0.5, 0.6) is 11.5 Å². The zero-order chi connectivity index (χ0) is 13.9. The topological polar surface area (TPSA) is 50.7 Å². The molecule has 0 fully saturated rings. The number of hydrogen-bond donors (Lipinski definition) is 2. The molecule has 0 amide bonds. The van der Waals surface area contributed by atoms with E-state index in [2.05, 4.69) is 21.2 Å². The van der Waals surface area contributed by atoms with Crippen LogP contribution in [0, 0.1) is 0 Å². The molecule has 0 aromatic heterocycles. The van der Waals surface area contributed by atoms with Gasteiger partial charge in [0.2, 0.25) is 6.79 Å². The fraction of sp³-hybridized carbons (Fsp3) is 0.200. The number of nitrogens with one attached hydrogen (secondary N) is 1. The molecular weight excluding hydrogens is 322 g/mol. The van der Waals surface area contributed by atoms with Crippen molar-refractivity contribution in [2.45, 2.75) is 6.04 Å². The third-order valence-electron chi connectivity index (χ3n) is 3.19. The summed E-state index contributed by atoms with van der Waals surface area (Å²) in [5.74, 6) is 1.46. The van der Waals surface area contributed by atoms with Crippen molar-refractivity contribution >= 4 is 21.6 Å². The molecule has 20 heavy (non-hydrogen) atoms. The first-order chi connectivity index (χ1) is 9.78. The molecule has 0 bridgehead atoms. The number of para-hydroxylation sites is 1. The van der Waals surface area contributed by atoms with Gasteiger partial charge in [0.25, 0.3) is 0 Å². The Morgan fingerprint density at radius 3 is 2.75 bits per heavy atom. The van der Waals surface area contributed by atoms with E-state index >= 15 is 0 Å². The maximum absolute atomic E-state index is 9.63. The average molecular weight is 336 g/mol. The van der Waals surface area contributed by atoms with E-state index in [4.69, 9.17) is 9.47 Å². The standard InChI is InChI=1S/C15H14BrNO3/c16-11-3-1-2-4-12(11)17-13(8-18)10-5-6-14-15(7-10)20-9-19-14/h1-7,13,17-18H,8-9H2. The van der Waals surface area contributed by atoms with E-state index in [0.29, 0.717) is 0 Å². The number of halogens is 1. The van der Waals surface area contributed by atoms with Crippen LogP contribution in [-0.4, -0.2) is 18.5 Å². The summed E-state index contributed by atoms with van der Waals surface area (Å²) in [5, 5.41) is 12.9. The molecule has 1 heterocycles. The second kappa shape index (κ2) is 5.73. The maximum atomic E-state index is 9.63. The summed E-state index contributed by atoms with van der Waals surface area (Å²) in [6.45, 7) is 0.237. The molecule has 0 saturated carbocycles. The van der Waals surface area contributed by atoms with E-state index in [1.54, 1.807) is 0 Å². The Balaban J connectivity index is 1.85. The van der Waals surface area contributed by atoms with Crippen molar-refractivity contribution < 1.29 is 14.6 Å². The van der Waals surface area contributed by atoms with Crippen molar-refractivity contribution in [3.8, 4) is 11.5 Å². The number of aliphatic hydroxyl groups excluding tert-OH is 1. The monoisotopic (exact) mass is 335 g/mol. The summed E-state index contributed by atoms with van der Waals surface area (Å²) in [5.41, 5.74) is 1.89. The summed E-state index contributed by atoms with van der Waals surface area (Å²) in [6.07, 6.45) is 0. The van der Waals surface area contributed by atoms with Gasteiger partial charge in [-0.2, -0.15) is 0 Å². The first-order valence-electron chi connectivity index (χ1n) is 6.29. The van der Waals surface area contributed by atoms with Crippen molar-refractivity contribution in [2.24, 2.45) is 0 Å². The number of aliphatic hydroxyl groups is 1. The van der Waals surface area contributed by atoms with Crippen LogP contribution in [0.15, 0.2) is 46.9 Å². The third-order valence-corrected chi connectivity index (χ3v) is 3.88. The highest BCUT2D eigenvalue weighted by molar-refractivity contribution is 9.10. The van der Waals surface area contributed by atoms with Gasteiger partial charge in [-0.05, 0) is 45.8 Å². The molecule has 0 aliphatic carbocycles. The van der Waals surface area contributed by atoms with Crippen LogP contribution in [0.3, 0.4) is 0 Å². The van der Waals surface area contributed by atoms with Crippen molar-refractivity contribution in [2.75, 3.05) is 18.7 Å². The van der Waals surface area contributed by atoms with Gasteiger partial charge in [-0.3, -0.25) is 0 Å². The van der Waals surface area contributed by atoms with E-state index in [0.717, 1.165) is 27.2 Å². The maximum Gasteiger partial charge on any atom is 0.231 e. The van der Waals surface area contributed by atoms with Crippen molar-refractivity contribution in [3.63, 3.8) is 0 Å². The van der Waals surface area contributed by atoms with E-state index in [-0.39, 0.29) is 19.4 Å². The van der Waals surface area contributed by atoms with E-state index in [9.17, 15) is 5.11 Å². The zero-order valence-corrected chi connectivity index (χ0v) is 12.3. The molecule has 0 radical (unpaired) electrons. The van der Waals surface area contributed by atoms with Gasteiger partial charge < -0.3 is 19.9 Å². The lowest BCUT2D eigenvalue weighted by Gasteiger charge is -2.19. The molecule has 1 aliphatic rings. The summed E-state index contributed by atoms with van der Waals surface area (Å²) in [7, 11) is 0. The lowest BCUT2D eigenvalue weighted by molar-refractivity contribution is 0.174. The molecule has 104 valence electrons. The highest BCUT2D eigenvalue weighted by atomic mass is 79.9. The highest BCUT2D eigenvalue weighted by Gasteiger charge is 2.18. The lowest BCUT2D eigenvalue weighted by atomic mass is 10.1. The second-order valence-electron chi connectivity index (χ2n) is 4.47. The first kappa shape index (κ1) is 13.3. The van der Waals surface area contributed by atoms with Gasteiger partial charge in [0.15, 0.2) is 11.5 Å². The predicted molar refractivity (Wildman–Crippen MR) is 80.2 cm³/mol. The lowest BCUT2D eigenvalue weighted by Crippen LogP contribution is -2.15. The highest BCUT2D eigenvalue weighted by Crippen LogP contribution is 2.35. The number of ether oxygens (including phenoxy) is 2. The summed E-state index contributed by atoms with van der Waals surface area (Å²) in [4.78, 5) is 0. The smallest absolute Gasteiger partial charge is 0.231 e. The Morgan fingerprint density at radius 2 is 1.95 bits per heavy atom. The largest absolute Gasteiger partial charge is 0.454 e. The van der Waals surface area contributed by atoms with Gasteiger partial charge in [0, 0.05) is 10.2 Å². The quantitative estimate of drug-likeness (QED) is 0.899. The van der Waals surface area contributed by atoms with Gasteiger partial charge in [-0.1, -0.05) is 18.2 Å². The molecule has 1 atom stereocenters. The van der Waals surface area contributed by atoms with Gasteiger partial charge >= 0.3 is 0 Å². The number of hydrogen-bond acceptors (Lipinski definition) is 4. The van der Waals surface area contributed by atoms with Crippen LogP contribution in [0.4, 0.5) is 5.69 Å². The Labute approximate surface area is 125 Å². The van der Waals surface area contributed by atoms with Crippen molar-refractivity contribution in [1.29, 1.82) is 0 Å². The molecule has 4 nitrogen and oxygen atoms in total. The molecule has 1 aliphatic heterocycles. The molecule has 3 rings (SSSR count). The predicted octanol–water partition coefficient (Wildman–Crippen LogP) is 3.32. The number of benzene rings is 2. The fourth-order valence-electron chi connectivity index (χ4n) is 2.13. The fourth-order valence-corrected chi connectivity index (χ4v) is 2.53. The number of fused-ring (bicyclic) bond motifs is 1. The van der Waals surface area contributed by atoms with Gasteiger partial charge in [0.1, 0.15) is 0 Å². The molecule has 0 spiro atoms. The average Bonchev–Trinajstić information content (AvgIpc) is 2.94. The first-order valence-corrected chi connectivity index (χ1v) is 7.08. The van der Waals surface area contributed by atoms with Crippen molar-refractivity contribution in [3.05, 3.63) is 52.5 Å². The molecular formula is C15H14BrNO3. The summed E-state index contributed by atoms with van der Waals surface area (Å²) < 4.78 is 11.6.